The average Bonchev–Trinajstić information content (AvgIpc) is 3.70. The van der Waals surface area contributed by atoms with E-state index in [9.17, 15) is 31.1 Å². The molecule has 1 saturated carbocycles. The van der Waals surface area contributed by atoms with Crippen molar-refractivity contribution in [3.63, 3.8) is 0 Å². The number of halogens is 6. The summed E-state index contributed by atoms with van der Waals surface area (Å²) in [5.41, 5.74) is 0.774. The van der Waals surface area contributed by atoms with Gasteiger partial charge in [-0.3, -0.25) is 14.7 Å². The number of aromatic nitrogens is 3. The number of nitrogens with zero attached hydrogens (tertiary/aromatic N) is 5. The summed E-state index contributed by atoms with van der Waals surface area (Å²) in [5.74, 6) is -3.89. The normalized spacial score (nSPS) is 21.8. The van der Waals surface area contributed by atoms with Gasteiger partial charge < -0.3 is 20.4 Å². The number of hydrogen-bond donors (Lipinski definition) is 3. The molecule has 1 amide bonds. The Bertz CT molecular complexity index is 1210. The van der Waals surface area contributed by atoms with Crippen molar-refractivity contribution in [2.24, 2.45) is 11.3 Å². The van der Waals surface area contributed by atoms with E-state index in [1.165, 1.54) is 18.4 Å². The van der Waals surface area contributed by atoms with Gasteiger partial charge in [0, 0.05) is 57.5 Å². The van der Waals surface area contributed by atoms with E-state index in [0.717, 1.165) is 51.5 Å². The lowest BCUT2D eigenvalue weighted by Crippen LogP contribution is -2.59. The first-order valence-corrected chi connectivity index (χ1v) is 13.2. The number of alkyl halides is 6. The van der Waals surface area contributed by atoms with Crippen molar-refractivity contribution in [2.45, 2.75) is 50.6 Å². The second-order valence-corrected chi connectivity index (χ2v) is 10.3. The monoisotopic (exact) mass is 620 g/mol. The molecule has 2 aromatic heterocycles. The summed E-state index contributed by atoms with van der Waals surface area (Å²) in [6, 6.07) is 6.01. The molecule has 236 valence electrons. The highest BCUT2D eigenvalue weighted by Crippen LogP contribution is 2.44. The molecule has 2 saturated heterocycles. The first kappa shape index (κ1) is 33.5. The summed E-state index contributed by atoms with van der Waals surface area (Å²) < 4.78 is 63.5. The molecule has 5 rings (SSSR count). The number of likely N-dealkylation sites (tertiary alicyclic amines) is 1. The molecule has 2 aromatic rings. The lowest BCUT2D eigenvalue weighted by molar-refractivity contribution is -0.193. The van der Waals surface area contributed by atoms with Gasteiger partial charge in [0.2, 0.25) is 11.9 Å². The third-order valence-electron chi connectivity index (χ3n) is 7.10. The summed E-state index contributed by atoms with van der Waals surface area (Å²) in [6.07, 6.45) is 1.51. The van der Waals surface area contributed by atoms with Gasteiger partial charge in [0.1, 0.15) is 0 Å². The number of aliphatic carboxylic acids is 2. The van der Waals surface area contributed by atoms with Crippen LogP contribution in [-0.2, 0) is 20.9 Å². The maximum atomic E-state index is 13.5. The van der Waals surface area contributed by atoms with Crippen LogP contribution in [0.5, 0.6) is 0 Å². The van der Waals surface area contributed by atoms with Gasteiger partial charge in [0.05, 0.1) is 11.5 Å². The lowest BCUT2D eigenvalue weighted by atomic mass is 9.74. The van der Waals surface area contributed by atoms with E-state index in [-0.39, 0.29) is 11.9 Å². The molecule has 3 aliphatic rings. The van der Waals surface area contributed by atoms with Crippen molar-refractivity contribution in [2.75, 3.05) is 31.1 Å². The van der Waals surface area contributed by atoms with Crippen LogP contribution in [0, 0.1) is 11.3 Å². The van der Waals surface area contributed by atoms with Crippen LogP contribution < -0.4 is 10.2 Å². The van der Waals surface area contributed by atoms with Crippen LogP contribution in [0.2, 0.25) is 0 Å². The van der Waals surface area contributed by atoms with E-state index >= 15 is 0 Å². The second-order valence-electron chi connectivity index (χ2n) is 10.3. The minimum absolute atomic E-state index is 0.0922. The Morgan fingerprint density at radius 1 is 0.977 bits per heavy atom. The van der Waals surface area contributed by atoms with E-state index < -0.39 is 29.7 Å². The number of hydrogen-bond acceptors (Lipinski definition) is 8. The Morgan fingerprint density at radius 2 is 1.58 bits per heavy atom. The van der Waals surface area contributed by atoms with Crippen molar-refractivity contribution in [3.8, 4) is 0 Å². The highest BCUT2D eigenvalue weighted by molar-refractivity contribution is 5.85. The first-order chi connectivity index (χ1) is 20.1. The number of carboxylic acid groups (broad SMARTS) is 2. The van der Waals surface area contributed by atoms with E-state index in [0.29, 0.717) is 5.92 Å². The molecule has 2 atom stereocenters. The smallest absolute Gasteiger partial charge is 0.475 e. The molecule has 11 nitrogen and oxygen atoms in total. The van der Waals surface area contributed by atoms with Crippen molar-refractivity contribution in [1.29, 1.82) is 0 Å². The van der Waals surface area contributed by atoms with Gasteiger partial charge in [0.15, 0.2) is 0 Å². The topological polar surface area (TPSA) is 149 Å². The van der Waals surface area contributed by atoms with E-state index in [1.807, 2.05) is 18.3 Å². The van der Waals surface area contributed by atoms with Gasteiger partial charge in [0.25, 0.3) is 0 Å². The molecule has 2 aliphatic heterocycles. The lowest BCUT2D eigenvalue weighted by Gasteiger charge is -2.44. The number of rotatable bonds is 6. The van der Waals surface area contributed by atoms with Gasteiger partial charge in [-0.15, -0.1) is 0 Å². The Balaban J connectivity index is 0.000000303. The van der Waals surface area contributed by atoms with Crippen LogP contribution >= 0.6 is 0 Å². The molecule has 43 heavy (non-hydrogen) atoms. The largest absolute Gasteiger partial charge is 0.490 e. The SMILES string of the molecule is O=C(NCC1CC1)[C@@]12CCCN(c3ncccn3)[C@@H]1CN(Cc1cccnc1)C2.O=C(O)C(F)(F)F.O=C(O)C(F)(F)F. The van der Waals surface area contributed by atoms with E-state index in [1.54, 1.807) is 18.6 Å². The number of anilines is 1. The minimum atomic E-state index is -5.08. The van der Waals surface area contributed by atoms with Crippen LogP contribution in [0.25, 0.3) is 0 Å². The number of amides is 1. The molecule has 0 radical (unpaired) electrons. The first-order valence-electron chi connectivity index (χ1n) is 13.2. The van der Waals surface area contributed by atoms with Gasteiger partial charge in [-0.2, -0.15) is 26.3 Å². The summed E-state index contributed by atoms with van der Waals surface area (Å²) in [5, 5.41) is 17.5. The molecule has 3 N–H and O–H groups in total. The van der Waals surface area contributed by atoms with Crippen LogP contribution in [0.3, 0.4) is 0 Å². The summed E-state index contributed by atoms with van der Waals surface area (Å²) >= 11 is 0. The number of pyridine rings is 1. The number of piperidine rings is 1. The van der Waals surface area contributed by atoms with Crippen LogP contribution in [0.4, 0.5) is 32.3 Å². The zero-order valence-corrected chi connectivity index (χ0v) is 22.7. The fraction of sp³-hybridized carbons (Fsp3) is 0.538. The number of carbonyl (C=O) groups is 3. The third kappa shape index (κ3) is 9.49. The maximum absolute atomic E-state index is 13.5. The predicted octanol–water partition coefficient (Wildman–Crippen LogP) is 3.14. The second kappa shape index (κ2) is 14.0. The van der Waals surface area contributed by atoms with Crippen LogP contribution in [-0.4, -0.2) is 92.5 Å². The number of nitrogens with one attached hydrogen (secondary N) is 1. The van der Waals surface area contributed by atoms with Gasteiger partial charge in [-0.05, 0) is 49.3 Å². The Hall–Kier alpha value is -4.02. The van der Waals surface area contributed by atoms with Crippen molar-refractivity contribution < 1.29 is 50.9 Å². The van der Waals surface area contributed by atoms with Gasteiger partial charge in [-0.25, -0.2) is 19.6 Å². The molecular weight excluding hydrogens is 590 g/mol. The average molecular weight is 621 g/mol. The van der Waals surface area contributed by atoms with Crippen molar-refractivity contribution >= 4 is 23.8 Å². The molecule has 0 unspecified atom stereocenters. The van der Waals surface area contributed by atoms with E-state index in [4.69, 9.17) is 19.8 Å². The molecule has 4 heterocycles. The fourth-order valence-corrected chi connectivity index (χ4v) is 4.97. The van der Waals surface area contributed by atoms with Crippen molar-refractivity contribution in [3.05, 3.63) is 48.5 Å². The standard InChI is InChI=1S/C22H28N6O.2C2HF3O2/c29-20(26-13-17-5-6-17)22-7-2-11-28(21-24-9-3-10-25-21)19(22)15-27(16-22)14-18-4-1-8-23-12-18;2*3-2(4,5)1(6)7/h1,3-4,8-10,12,17,19H,2,5-7,11,13-16H2,(H,26,29);2*(H,6,7)/t19-,22-;;/m1../s1. The van der Waals surface area contributed by atoms with E-state index in [2.05, 4.69) is 36.1 Å². The quantitative estimate of drug-likeness (QED) is 0.412. The number of fused-ring (bicyclic) bond motifs is 1. The van der Waals surface area contributed by atoms with Gasteiger partial charge in [-0.1, -0.05) is 6.07 Å². The highest BCUT2D eigenvalue weighted by Gasteiger charge is 2.56. The van der Waals surface area contributed by atoms with Crippen molar-refractivity contribution in [1.82, 2.24) is 25.2 Å². The predicted molar refractivity (Wildman–Crippen MR) is 137 cm³/mol. The highest BCUT2D eigenvalue weighted by atomic mass is 19.4. The van der Waals surface area contributed by atoms with Gasteiger partial charge >= 0.3 is 24.3 Å². The zero-order chi connectivity index (χ0) is 31.8. The third-order valence-corrected chi connectivity index (χ3v) is 7.10. The number of carbonyl (C=O) groups excluding carboxylic acids is 1. The molecule has 0 bridgehead atoms. The molecule has 17 heteroatoms. The molecule has 1 aliphatic carbocycles. The summed E-state index contributed by atoms with van der Waals surface area (Å²) in [4.78, 5) is 49.2. The van der Waals surface area contributed by atoms with Crippen LogP contribution in [0.1, 0.15) is 31.2 Å². The Morgan fingerprint density at radius 3 is 2.09 bits per heavy atom. The molecular formula is C26H30F6N6O5. The maximum Gasteiger partial charge on any atom is 0.490 e. The van der Waals surface area contributed by atoms with Crippen LogP contribution in [0.15, 0.2) is 43.0 Å². The fourth-order valence-electron chi connectivity index (χ4n) is 4.97. The summed E-state index contributed by atoms with van der Waals surface area (Å²) in [7, 11) is 0. The summed E-state index contributed by atoms with van der Waals surface area (Å²) in [6.45, 7) is 4.13. The zero-order valence-electron chi connectivity index (χ0n) is 22.7. The minimum Gasteiger partial charge on any atom is -0.475 e. The Kier molecular flexibility index (Phi) is 10.9. The molecule has 0 spiro atoms. The number of carboxylic acids is 2. The molecule has 3 fully saturated rings. The molecule has 0 aromatic carbocycles. The Labute approximate surface area is 241 Å².